The van der Waals surface area contributed by atoms with Crippen molar-refractivity contribution in [1.82, 2.24) is 15.3 Å². The van der Waals surface area contributed by atoms with E-state index in [2.05, 4.69) is 20.6 Å². The van der Waals surface area contributed by atoms with Crippen molar-refractivity contribution in [3.05, 3.63) is 18.1 Å². The molecule has 1 aromatic rings. The van der Waals surface area contributed by atoms with Crippen LogP contribution >= 0.6 is 0 Å². The summed E-state index contributed by atoms with van der Waals surface area (Å²) in [6, 6.07) is 0.212. The summed E-state index contributed by atoms with van der Waals surface area (Å²) < 4.78 is 36.6. The molecular weight excluding hydrogens is 233 g/mol. The fourth-order valence-electron chi connectivity index (χ4n) is 1.24. The lowest BCUT2D eigenvalue weighted by Crippen LogP contribution is -2.32. The van der Waals surface area contributed by atoms with Crippen LogP contribution in [0.5, 0.6) is 0 Å². The first-order valence-electron chi connectivity index (χ1n) is 5.30. The van der Waals surface area contributed by atoms with E-state index < -0.39 is 11.9 Å². The van der Waals surface area contributed by atoms with Gasteiger partial charge in [0, 0.05) is 12.6 Å². The molecule has 1 aromatic heterocycles. The van der Waals surface area contributed by atoms with Crippen LogP contribution < -0.4 is 10.6 Å². The average molecular weight is 248 g/mol. The topological polar surface area (TPSA) is 49.8 Å². The molecular formula is C10H15F3N4. The van der Waals surface area contributed by atoms with Crippen molar-refractivity contribution in [3.8, 4) is 0 Å². The molecule has 0 aliphatic rings. The summed E-state index contributed by atoms with van der Waals surface area (Å²) in [6.07, 6.45) is -2.63. The molecule has 4 nitrogen and oxygen atoms in total. The minimum Gasteiger partial charge on any atom is -0.367 e. The highest BCUT2D eigenvalue weighted by Gasteiger charge is 2.32. The van der Waals surface area contributed by atoms with Crippen molar-refractivity contribution in [2.24, 2.45) is 0 Å². The maximum absolute atomic E-state index is 12.2. The van der Waals surface area contributed by atoms with Crippen molar-refractivity contribution >= 4 is 5.82 Å². The number of likely N-dealkylation sites (N-methyl/N-ethyl adjacent to an activating group) is 1. The predicted octanol–water partition coefficient (Wildman–Crippen LogP) is 1.91. The van der Waals surface area contributed by atoms with Crippen LogP contribution in [0, 0.1) is 0 Å². The molecule has 0 aromatic carbocycles. The van der Waals surface area contributed by atoms with Gasteiger partial charge in [-0.25, -0.2) is 9.97 Å². The molecule has 0 unspecified atom stereocenters. The molecule has 2 N–H and O–H groups in total. The third-order valence-electron chi connectivity index (χ3n) is 2.08. The number of hydrogen-bond acceptors (Lipinski definition) is 4. The van der Waals surface area contributed by atoms with E-state index in [9.17, 15) is 13.2 Å². The lowest BCUT2D eigenvalue weighted by molar-refractivity contribution is -0.141. The van der Waals surface area contributed by atoms with Crippen LogP contribution in [0.2, 0.25) is 0 Å². The molecule has 0 aliphatic carbocycles. The molecule has 0 saturated heterocycles. The van der Waals surface area contributed by atoms with Gasteiger partial charge in [-0.15, -0.1) is 0 Å². The smallest absolute Gasteiger partial charge is 0.367 e. The Kier molecular flexibility index (Phi) is 4.68. The minimum absolute atomic E-state index is 0.212. The highest BCUT2D eigenvalue weighted by Crippen LogP contribution is 2.26. The quantitative estimate of drug-likeness (QED) is 0.835. The monoisotopic (exact) mass is 248 g/mol. The molecule has 1 atom stereocenters. The Labute approximate surface area is 97.7 Å². The number of nitrogens with one attached hydrogen (secondary N) is 2. The summed E-state index contributed by atoms with van der Waals surface area (Å²) in [5.41, 5.74) is -0.984. The summed E-state index contributed by atoms with van der Waals surface area (Å²) in [4.78, 5) is 6.96. The van der Waals surface area contributed by atoms with Crippen LogP contribution in [0.25, 0.3) is 0 Å². The number of aromatic nitrogens is 2. The molecule has 0 spiro atoms. The van der Waals surface area contributed by atoms with Crippen LogP contribution in [0.1, 0.15) is 19.5 Å². The Balaban J connectivity index is 2.51. The molecule has 96 valence electrons. The predicted molar refractivity (Wildman–Crippen MR) is 58.7 cm³/mol. The summed E-state index contributed by atoms with van der Waals surface area (Å²) in [5.74, 6) is 0.336. The van der Waals surface area contributed by atoms with E-state index in [-0.39, 0.29) is 6.04 Å². The molecule has 0 amide bonds. The Morgan fingerprint density at radius 3 is 2.47 bits per heavy atom. The van der Waals surface area contributed by atoms with Gasteiger partial charge in [0.2, 0.25) is 0 Å². The number of nitrogens with zero attached hydrogens (tertiary/aromatic N) is 2. The van der Waals surface area contributed by atoms with Gasteiger partial charge in [0.15, 0.2) is 5.69 Å². The van der Waals surface area contributed by atoms with E-state index >= 15 is 0 Å². The first kappa shape index (κ1) is 13.7. The van der Waals surface area contributed by atoms with E-state index in [4.69, 9.17) is 0 Å². The number of rotatable bonds is 5. The zero-order valence-electron chi connectivity index (χ0n) is 9.67. The highest BCUT2D eigenvalue weighted by molar-refractivity contribution is 5.31. The van der Waals surface area contributed by atoms with Crippen molar-refractivity contribution < 1.29 is 13.2 Å². The second kappa shape index (κ2) is 5.81. The lowest BCUT2D eigenvalue weighted by Gasteiger charge is -2.13. The van der Waals surface area contributed by atoms with Crippen molar-refractivity contribution in [2.75, 3.05) is 18.4 Å². The second-order valence-electron chi connectivity index (χ2n) is 3.62. The standard InChI is InChI=1S/C10H15F3N4/c1-3-14-7(2)4-16-9-6-15-8(5-17-9)10(11,12)13/h5-7,14H,3-4H2,1-2H3,(H,16,17)/t7-/m0/s1. The Morgan fingerprint density at radius 2 is 2.00 bits per heavy atom. The number of halogens is 3. The van der Waals surface area contributed by atoms with Crippen molar-refractivity contribution in [3.63, 3.8) is 0 Å². The van der Waals surface area contributed by atoms with Crippen LogP contribution in [0.4, 0.5) is 19.0 Å². The van der Waals surface area contributed by atoms with Crippen molar-refractivity contribution in [1.29, 1.82) is 0 Å². The molecule has 1 rings (SSSR count). The molecule has 1 heterocycles. The third-order valence-corrected chi connectivity index (χ3v) is 2.08. The van der Waals surface area contributed by atoms with Gasteiger partial charge in [-0.2, -0.15) is 13.2 Å². The van der Waals surface area contributed by atoms with Gasteiger partial charge in [0.25, 0.3) is 0 Å². The zero-order valence-corrected chi connectivity index (χ0v) is 9.67. The van der Waals surface area contributed by atoms with Crippen LogP contribution in [-0.4, -0.2) is 29.1 Å². The number of alkyl halides is 3. The first-order valence-corrected chi connectivity index (χ1v) is 5.30. The maximum atomic E-state index is 12.2. The highest BCUT2D eigenvalue weighted by atomic mass is 19.4. The molecule has 0 bridgehead atoms. The summed E-state index contributed by atoms with van der Waals surface area (Å²) in [5, 5.41) is 6.07. The Morgan fingerprint density at radius 1 is 1.29 bits per heavy atom. The summed E-state index contributed by atoms with van der Waals surface area (Å²) in [7, 11) is 0. The first-order chi connectivity index (χ1) is 7.93. The van der Waals surface area contributed by atoms with Gasteiger partial charge < -0.3 is 10.6 Å². The Bertz CT molecular complexity index is 336. The molecule has 0 fully saturated rings. The fraction of sp³-hybridized carbons (Fsp3) is 0.600. The molecule has 7 heteroatoms. The third kappa shape index (κ3) is 4.56. The summed E-state index contributed by atoms with van der Waals surface area (Å²) >= 11 is 0. The largest absolute Gasteiger partial charge is 0.434 e. The number of anilines is 1. The molecule has 17 heavy (non-hydrogen) atoms. The molecule has 0 saturated carbocycles. The van der Waals surface area contributed by atoms with Gasteiger partial charge in [0.05, 0.1) is 12.4 Å². The minimum atomic E-state index is -4.44. The molecule has 0 radical (unpaired) electrons. The van der Waals surface area contributed by atoms with E-state index in [1.807, 2.05) is 13.8 Å². The second-order valence-corrected chi connectivity index (χ2v) is 3.62. The zero-order chi connectivity index (χ0) is 12.9. The van der Waals surface area contributed by atoms with Crippen LogP contribution in [-0.2, 0) is 6.18 Å². The van der Waals surface area contributed by atoms with E-state index in [1.54, 1.807) is 0 Å². The van der Waals surface area contributed by atoms with E-state index in [0.717, 1.165) is 18.9 Å². The maximum Gasteiger partial charge on any atom is 0.434 e. The van der Waals surface area contributed by atoms with Gasteiger partial charge in [-0.05, 0) is 13.5 Å². The van der Waals surface area contributed by atoms with Gasteiger partial charge in [-0.3, -0.25) is 0 Å². The lowest BCUT2D eigenvalue weighted by atomic mass is 10.3. The normalized spacial score (nSPS) is 13.5. The van der Waals surface area contributed by atoms with Gasteiger partial charge in [-0.1, -0.05) is 6.92 Å². The van der Waals surface area contributed by atoms with Crippen LogP contribution in [0.15, 0.2) is 12.4 Å². The van der Waals surface area contributed by atoms with Gasteiger partial charge in [0.1, 0.15) is 5.82 Å². The SMILES string of the molecule is CCN[C@@H](C)CNc1cnc(C(F)(F)F)cn1. The van der Waals surface area contributed by atoms with Gasteiger partial charge >= 0.3 is 6.18 Å². The van der Waals surface area contributed by atoms with E-state index in [1.165, 1.54) is 0 Å². The van der Waals surface area contributed by atoms with Crippen LogP contribution in [0.3, 0.4) is 0 Å². The van der Waals surface area contributed by atoms with E-state index in [0.29, 0.717) is 12.4 Å². The van der Waals surface area contributed by atoms with Crippen molar-refractivity contribution in [2.45, 2.75) is 26.1 Å². The Hall–Kier alpha value is -1.37. The average Bonchev–Trinajstić information content (AvgIpc) is 2.26. The molecule has 0 aliphatic heterocycles. The fourth-order valence-corrected chi connectivity index (χ4v) is 1.24. The number of hydrogen-bond donors (Lipinski definition) is 2. The summed E-state index contributed by atoms with van der Waals surface area (Å²) in [6.45, 7) is 5.36.